The minimum absolute atomic E-state index is 0.245. The molecule has 2 aromatic carbocycles. The first-order chi connectivity index (χ1) is 10.0. The third kappa shape index (κ3) is 3.69. The van der Waals surface area contributed by atoms with Crippen molar-refractivity contribution in [2.75, 3.05) is 6.54 Å². The Bertz CT molecular complexity index is 628. The Hall–Kier alpha value is -1.26. The molecule has 0 radical (unpaired) electrons. The molecule has 0 fully saturated rings. The summed E-state index contributed by atoms with van der Waals surface area (Å²) >= 11 is 3.29. The Labute approximate surface area is 132 Å². The van der Waals surface area contributed by atoms with Gasteiger partial charge in [0.25, 0.3) is 0 Å². The fourth-order valence-electron chi connectivity index (χ4n) is 2.23. The lowest BCUT2D eigenvalue weighted by Gasteiger charge is -2.21. The van der Waals surface area contributed by atoms with E-state index in [1.54, 1.807) is 19.1 Å². The molecule has 0 aliphatic heterocycles. The second-order valence-corrected chi connectivity index (χ2v) is 5.83. The van der Waals surface area contributed by atoms with E-state index in [1.165, 1.54) is 12.1 Å². The lowest BCUT2D eigenvalue weighted by atomic mass is 9.97. The van der Waals surface area contributed by atoms with E-state index in [0.717, 1.165) is 24.1 Å². The maximum Gasteiger partial charge on any atom is 0.137 e. The Balaban J connectivity index is 2.47. The van der Waals surface area contributed by atoms with Crippen LogP contribution in [0.15, 0.2) is 40.9 Å². The van der Waals surface area contributed by atoms with E-state index in [9.17, 15) is 8.78 Å². The molecule has 0 aromatic heterocycles. The molecule has 0 aliphatic carbocycles. The zero-order chi connectivity index (χ0) is 15.4. The number of hydrogen-bond donors (Lipinski definition) is 1. The predicted octanol–water partition coefficient (Wildman–Crippen LogP) is 5.12. The number of hydrogen-bond acceptors (Lipinski definition) is 1. The second kappa shape index (κ2) is 7.14. The molecule has 1 nitrogen and oxygen atoms in total. The van der Waals surface area contributed by atoms with Crippen LogP contribution in [0.2, 0.25) is 0 Å². The third-order valence-electron chi connectivity index (χ3n) is 3.42. The minimum Gasteiger partial charge on any atom is -0.306 e. The maximum atomic E-state index is 13.8. The first-order valence-corrected chi connectivity index (χ1v) is 7.77. The van der Waals surface area contributed by atoms with Crippen LogP contribution in [0.3, 0.4) is 0 Å². The number of benzene rings is 2. The first kappa shape index (κ1) is 16.1. The maximum absolute atomic E-state index is 13.8. The zero-order valence-corrected chi connectivity index (χ0v) is 13.7. The van der Waals surface area contributed by atoms with Gasteiger partial charge in [-0.05, 0) is 64.6 Å². The summed E-state index contributed by atoms with van der Waals surface area (Å²) < 4.78 is 28.0. The highest BCUT2D eigenvalue weighted by Gasteiger charge is 2.18. The molecule has 112 valence electrons. The van der Waals surface area contributed by atoms with Gasteiger partial charge in [-0.3, -0.25) is 0 Å². The van der Waals surface area contributed by atoms with Crippen molar-refractivity contribution in [1.29, 1.82) is 0 Å². The van der Waals surface area contributed by atoms with E-state index in [4.69, 9.17) is 0 Å². The third-order valence-corrected chi connectivity index (χ3v) is 4.26. The standard InChI is InChI=1S/C17H18BrF2N/c1-3-9-21-17(12-8-7-11(2)15(20)10-12)13-5-4-6-14(19)16(13)18/h4-8,10,17,21H,3,9H2,1-2H3. The molecule has 0 saturated carbocycles. The summed E-state index contributed by atoms with van der Waals surface area (Å²) in [6.45, 7) is 4.55. The highest BCUT2D eigenvalue weighted by Crippen LogP contribution is 2.31. The van der Waals surface area contributed by atoms with Crippen molar-refractivity contribution in [2.45, 2.75) is 26.3 Å². The highest BCUT2D eigenvalue weighted by molar-refractivity contribution is 9.10. The average molecular weight is 354 g/mol. The van der Waals surface area contributed by atoms with Crippen molar-refractivity contribution in [3.8, 4) is 0 Å². The Morgan fingerprint density at radius 3 is 2.57 bits per heavy atom. The van der Waals surface area contributed by atoms with Crippen LogP contribution in [-0.2, 0) is 0 Å². The van der Waals surface area contributed by atoms with Crippen molar-refractivity contribution < 1.29 is 8.78 Å². The number of halogens is 3. The molecule has 2 aromatic rings. The van der Waals surface area contributed by atoms with Gasteiger partial charge in [0.2, 0.25) is 0 Å². The van der Waals surface area contributed by atoms with Crippen LogP contribution in [0.1, 0.15) is 36.1 Å². The molecule has 0 bridgehead atoms. The van der Waals surface area contributed by atoms with E-state index in [1.807, 2.05) is 12.1 Å². The molecule has 4 heteroatoms. The zero-order valence-electron chi connectivity index (χ0n) is 12.1. The molecule has 0 aliphatic rings. The van der Waals surface area contributed by atoms with Crippen molar-refractivity contribution in [3.05, 3.63) is 69.2 Å². The minimum atomic E-state index is -0.316. The molecule has 0 saturated heterocycles. The lowest BCUT2D eigenvalue weighted by molar-refractivity contribution is 0.571. The van der Waals surface area contributed by atoms with E-state index < -0.39 is 0 Å². The van der Waals surface area contributed by atoms with Gasteiger partial charge >= 0.3 is 0 Å². The molecule has 1 unspecified atom stereocenters. The highest BCUT2D eigenvalue weighted by atomic mass is 79.9. The smallest absolute Gasteiger partial charge is 0.137 e. The first-order valence-electron chi connectivity index (χ1n) is 6.98. The molecule has 0 heterocycles. The van der Waals surface area contributed by atoms with Crippen molar-refractivity contribution in [2.24, 2.45) is 0 Å². The van der Waals surface area contributed by atoms with E-state index >= 15 is 0 Å². The van der Waals surface area contributed by atoms with Crippen LogP contribution in [0, 0.1) is 18.6 Å². The molecular weight excluding hydrogens is 336 g/mol. The van der Waals surface area contributed by atoms with E-state index in [-0.39, 0.29) is 17.7 Å². The molecular formula is C17H18BrF2N. The summed E-state index contributed by atoms with van der Waals surface area (Å²) in [6, 6.07) is 9.81. The Morgan fingerprint density at radius 2 is 1.90 bits per heavy atom. The summed E-state index contributed by atoms with van der Waals surface area (Å²) in [5, 5.41) is 3.35. The molecule has 21 heavy (non-hydrogen) atoms. The number of rotatable bonds is 5. The van der Waals surface area contributed by atoms with E-state index in [0.29, 0.717) is 10.0 Å². The van der Waals surface area contributed by atoms with E-state index in [2.05, 4.69) is 28.2 Å². The van der Waals surface area contributed by atoms with Crippen molar-refractivity contribution in [1.82, 2.24) is 5.32 Å². The van der Waals surface area contributed by atoms with Crippen LogP contribution in [0.4, 0.5) is 8.78 Å². The Kier molecular flexibility index (Phi) is 5.48. The van der Waals surface area contributed by atoms with Crippen LogP contribution in [0.25, 0.3) is 0 Å². The quantitative estimate of drug-likeness (QED) is 0.785. The normalized spacial score (nSPS) is 12.4. The fraction of sp³-hybridized carbons (Fsp3) is 0.294. The Morgan fingerprint density at radius 1 is 1.14 bits per heavy atom. The van der Waals surface area contributed by atoms with Gasteiger partial charge in [-0.25, -0.2) is 8.78 Å². The summed E-state index contributed by atoms with van der Waals surface area (Å²) in [6.07, 6.45) is 0.942. The van der Waals surface area contributed by atoms with Gasteiger partial charge in [0.1, 0.15) is 11.6 Å². The van der Waals surface area contributed by atoms with Crippen molar-refractivity contribution >= 4 is 15.9 Å². The largest absolute Gasteiger partial charge is 0.306 e. The van der Waals surface area contributed by atoms with Gasteiger partial charge in [-0.1, -0.05) is 31.2 Å². The number of aryl methyl sites for hydroxylation is 1. The molecule has 1 atom stereocenters. The fourth-order valence-corrected chi connectivity index (χ4v) is 2.72. The van der Waals surface area contributed by atoms with Gasteiger partial charge in [0.05, 0.1) is 10.5 Å². The topological polar surface area (TPSA) is 12.0 Å². The summed E-state index contributed by atoms with van der Waals surface area (Å²) in [5.74, 6) is -0.563. The molecule has 0 amide bonds. The molecule has 2 rings (SSSR count). The SMILES string of the molecule is CCCNC(c1ccc(C)c(F)c1)c1cccc(F)c1Br. The van der Waals surface area contributed by atoms with Gasteiger partial charge < -0.3 is 5.32 Å². The summed E-state index contributed by atoms with van der Waals surface area (Å²) in [4.78, 5) is 0. The summed E-state index contributed by atoms with van der Waals surface area (Å²) in [5.41, 5.74) is 2.16. The molecule has 1 N–H and O–H groups in total. The van der Waals surface area contributed by atoms with Gasteiger partial charge in [-0.15, -0.1) is 0 Å². The average Bonchev–Trinajstić information content (AvgIpc) is 2.47. The second-order valence-electron chi connectivity index (χ2n) is 5.04. The van der Waals surface area contributed by atoms with Gasteiger partial charge in [0.15, 0.2) is 0 Å². The lowest BCUT2D eigenvalue weighted by Crippen LogP contribution is -2.24. The van der Waals surface area contributed by atoms with Crippen molar-refractivity contribution in [3.63, 3.8) is 0 Å². The molecule has 0 spiro atoms. The monoisotopic (exact) mass is 353 g/mol. The van der Waals surface area contributed by atoms with Gasteiger partial charge in [-0.2, -0.15) is 0 Å². The summed E-state index contributed by atoms with van der Waals surface area (Å²) in [7, 11) is 0. The van der Waals surface area contributed by atoms with Crippen LogP contribution in [0.5, 0.6) is 0 Å². The van der Waals surface area contributed by atoms with Crippen LogP contribution < -0.4 is 5.32 Å². The predicted molar refractivity (Wildman–Crippen MR) is 85.4 cm³/mol. The van der Waals surface area contributed by atoms with Crippen LogP contribution in [-0.4, -0.2) is 6.54 Å². The van der Waals surface area contributed by atoms with Gasteiger partial charge in [0, 0.05) is 0 Å². The number of nitrogens with one attached hydrogen (secondary N) is 1. The van der Waals surface area contributed by atoms with Crippen LogP contribution >= 0.6 is 15.9 Å².